The molecule has 1 aromatic heterocycles. The van der Waals surface area contributed by atoms with Gasteiger partial charge in [0.25, 0.3) is 0 Å². The van der Waals surface area contributed by atoms with Crippen LogP contribution in [0.4, 0.5) is 11.5 Å². The van der Waals surface area contributed by atoms with E-state index in [1.807, 2.05) is 30.3 Å². The Kier molecular flexibility index (Phi) is 3.79. The van der Waals surface area contributed by atoms with Crippen molar-refractivity contribution in [2.24, 2.45) is 5.84 Å². The molecular weight excluding hydrogens is 224 g/mol. The van der Waals surface area contributed by atoms with Crippen LogP contribution >= 0.6 is 0 Å². The van der Waals surface area contributed by atoms with Crippen LogP contribution in [0, 0.1) is 6.92 Å². The molecule has 1 heterocycles. The largest absolute Gasteiger partial charge is 0.368 e. The normalized spacial score (nSPS) is 10.2. The number of hydrogen-bond acceptors (Lipinski definition) is 4. The van der Waals surface area contributed by atoms with Crippen molar-refractivity contribution in [1.82, 2.24) is 4.98 Å². The summed E-state index contributed by atoms with van der Waals surface area (Å²) < 4.78 is 0. The van der Waals surface area contributed by atoms with E-state index < -0.39 is 0 Å². The molecule has 0 unspecified atom stereocenters. The fourth-order valence-corrected chi connectivity index (χ4v) is 1.97. The monoisotopic (exact) mass is 242 g/mol. The molecule has 0 fully saturated rings. The molecule has 0 atom stereocenters. The molecule has 94 valence electrons. The van der Waals surface area contributed by atoms with Crippen LogP contribution in [0.3, 0.4) is 0 Å². The third-order valence-corrected chi connectivity index (χ3v) is 2.88. The van der Waals surface area contributed by atoms with E-state index >= 15 is 0 Å². The third kappa shape index (κ3) is 2.78. The molecule has 2 aromatic rings. The summed E-state index contributed by atoms with van der Waals surface area (Å²) in [7, 11) is 2.06. The average Bonchev–Trinajstić information content (AvgIpc) is 2.39. The number of hydrogen-bond donors (Lipinski definition) is 2. The molecular formula is C14H18N4. The first-order valence-electron chi connectivity index (χ1n) is 5.90. The summed E-state index contributed by atoms with van der Waals surface area (Å²) in [4.78, 5) is 6.59. The van der Waals surface area contributed by atoms with Gasteiger partial charge in [0.1, 0.15) is 5.82 Å². The highest BCUT2D eigenvalue weighted by Gasteiger charge is 2.05. The molecule has 0 saturated heterocycles. The number of para-hydroxylation sites is 1. The van der Waals surface area contributed by atoms with Crippen molar-refractivity contribution in [1.29, 1.82) is 0 Å². The van der Waals surface area contributed by atoms with Gasteiger partial charge in [-0.25, -0.2) is 10.8 Å². The highest BCUT2D eigenvalue weighted by atomic mass is 15.3. The molecule has 0 bridgehead atoms. The lowest BCUT2D eigenvalue weighted by atomic mass is 10.2. The molecule has 0 radical (unpaired) electrons. The van der Waals surface area contributed by atoms with Crippen LogP contribution in [0.25, 0.3) is 0 Å². The zero-order valence-electron chi connectivity index (χ0n) is 10.7. The Labute approximate surface area is 107 Å². The second-order valence-corrected chi connectivity index (χ2v) is 4.30. The number of aryl methyl sites for hydroxylation is 1. The number of nitrogen functional groups attached to an aromatic ring is 1. The fourth-order valence-electron chi connectivity index (χ4n) is 1.97. The number of hydrazine groups is 1. The minimum atomic E-state index is 0.686. The van der Waals surface area contributed by atoms with Crippen molar-refractivity contribution in [3.63, 3.8) is 0 Å². The molecule has 0 aliphatic heterocycles. The molecule has 0 saturated carbocycles. The molecule has 0 aliphatic carbocycles. The molecule has 3 N–H and O–H groups in total. The van der Waals surface area contributed by atoms with E-state index in [0.29, 0.717) is 5.82 Å². The van der Waals surface area contributed by atoms with Crippen LogP contribution in [0.2, 0.25) is 0 Å². The zero-order valence-corrected chi connectivity index (χ0v) is 10.7. The van der Waals surface area contributed by atoms with Gasteiger partial charge in [0.2, 0.25) is 0 Å². The maximum Gasteiger partial charge on any atom is 0.140 e. The maximum absolute atomic E-state index is 5.36. The predicted octanol–water partition coefficient (Wildman–Crippen LogP) is 2.31. The minimum absolute atomic E-state index is 0.686. The van der Waals surface area contributed by atoms with E-state index in [1.54, 1.807) is 0 Å². The summed E-state index contributed by atoms with van der Waals surface area (Å²) >= 11 is 0. The molecule has 0 amide bonds. The maximum atomic E-state index is 5.36. The van der Waals surface area contributed by atoms with E-state index in [9.17, 15) is 0 Å². The van der Waals surface area contributed by atoms with E-state index in [0.717, 1.165) is 12.2 Å². The summed E-state index contributed by atoms with van der Waals surface area (Å²) in [6.07, 6.45) is 0. The lowest BCUT2D eigenvalue weighted by Crippen LogP contribution is -2.19. The summed E-state index contributed by atoms with van der Waals surface area (Å²) in [5.74, 6) is 6.04. The smallest absolute Gasteiger partial charge is 0.140 e. The van der Waals surface area contributed by atoms with Gasteiger partial charge in [0.05, 0.1) is 12.2 Å². The van der Waals surface area contributed by atoms with Crippen molar-refractivity contribution in [3.05, 3.63) is 53.7 Å². The number of nitrogens with one attached hydrogen (secondary N) is 1. The van der Waals surface area contributed by atoms with Gasteiger partial charge in [-0.3, -0.25) is 0 Å². The van der Waals surface area contributed by atoms with Gasteiger partial charge < -0.3 is 10.3 Å². The number of nitrogens with two attached hydrogens (primary N) is 1. The molecule has 18 heavy (non-hydrogen) atoms. The Bertz CT molecular complexity index is 525. The number of rotatable bonds is 4. The first kappa shape index (κ1) is 12.4. The molecule has 0 aliphatic rings. The Hall–Kier alpha value is -2.07. The minimum Gasteiger partial charge on any atom is -0.368 e. The predicted molar refractivity (Wildman–Crippen MR) is 75.3 cm³/mol. The number of pyridine rings is 1. The van der Waals surface area contributed by atoms with Crippen LogP contribution < -0.4 is 16.2 Å². The second kappa shape index (κ2) is 5.51. The van der Waals surface area contributed by atoms with Crippen molar-refractivity contribution >= 4 is 11.5 Å². The summed E-state index contributed by atoms with van der Waals surface area (Å²) in [5, 5.41) is 0. The molecule has 0 spiro atoms. The molecule has 4 heteroatoms. The number of benzene rings is 1. The van der Waals surface area contributed by atoms with Crippen LogP contribution in [-0.2, 0) is 6.54 Å². The van der Waals surface area contributed by atoms with Crippen LogP contribution in [0.1, 0.15) is 11.3 Å². The van der Waals surface area contributed by atoms with Crippen LogP contribution in [0.15, 0.2) is 42.5 Å². The van der Waals surface area contributed by atoms with E-state index in [-0.39, 0.29) is 0 Å². The third-order valence-electron chi connectivity index (χ3n) is 2.88. The lowest BCUT2D eigenvalue weighted by molar-refractivity contribution is 0.881. The highest BCUT2D eigenvalue weighted by molar-refractivity contribution is 5.52. The molecule has 2 rings (SSSR count). The van der Waals surface area contributed by atoms with Gasteiger partial charge in [-0.2, -0.15) is 0 Å². The van der Waals surface area contributed by atoms with Gasteiger partial charge in [0.15, 0.2) is 0 Å². The number of nitrogens with zero attached hydrogens (tertiary/aromatic N) is 2. The summed E-state index contributed by atoms with van der Waals surface area (Å²) in [6, 6.07) is 14.1. The average molecular weight is 242 g/mol. The number of anilines is 2. The van der Waals surface area contributed by atoms with Crippen molar-refractivity contribution in [2.75, 3.05) is 17.4 Å². The van der Waals surface area contributed by atoms with Gasteiger partial charge in [-0.15, -0.1) is 0 Å². The van der Waals surface area contributed by atoms with E-state index in [4.69, 9.17) is 5.84 Å². The van der Waals surface area contributed by atoms with Gasteiger partial charge in [-0.1, -0.05) is 24.3 Å². The Balaban J connectivity index is 2.16. The summed E-state index contributed by atoms with van der Waals surface area (Å²) in [6.45, 7) is 2.86. The van der Waals surface area contributed by atoms with Crippen LogP contribution in [-0.4, -0.2) is 12.0 Å². The standard InChI is InChI=1S/C14H18N4/c1-11-6-3-4-8-13(11)18(2)10-12-7-5-9-14(16-12)17-15/h3-9H,10,15H2,1-2H3,(H,16,17). The Morgan fingerprint density at radius 3 is 2.67 bits per heavy atom. The van der Waals surface area contributed by atoms with Gasteiger partial charge in [-0.05, 0) is 30.7 Å². The number of aromatic nitrogens is 1. The Morgan fingerprint density at radius 2 is 1.94 bits per heavy atom. The molecule has 1 aromatic carbocycles. The molecule has 4 nitrogen and oxygen atoms in total. The quantitative estimate of drug-likeness (QED) is 0.638. The first-order valence-corrected chi connectivity index (χ1v) is 5.90. The first-order chi connectivity index (χ1) is 8.70. The van der Waals surface area contributed by atoms with Crippen LogP contribution in [0.5, 0.6) is 0 Å². The fraction of sp³-hybridized carbons (Fsp3) is 0.214. The van der Waals surface area contributed by atoms with E-state index in [1.165, 1.54) is 11.3 Å². The SMILES string of the molecule is Cc1ccccc1N(C)Cc1cccc(NN)n1. The topological polar surface area (TPSA) is 54.2 Å². The second-order valence-electron chi connectivity index (χ2n) is 4.30. The van der Waals surface area contributed by atoms with Gasteiger partial charge >= 0.3 is 0 Å². The van der Waals surface area contributed by atoms with Gasteiger partial charge in [0, 0.05) is 12.7 Å². The zero-order chi connectivity index (χ0) is 13.0. The Morgan fingerprint density at radius 1 is 1.17 bits per heavy atom. The van der Waals surface area contributed by atoms with Crippen molar-refractivity contribution < 1.29 is 0 Å². The lowest BCUT2D eigenvalue weighted by Gasteiger charge is -2.21. The highest BCUT2D eigenvalue weighted by Crippen LogP contribution is 2.19. The summed E-state index contributed by atoms with van der Waals surface area (Å²) in [5.41, 5.74) is 6.02. The van der Waals surface area contributed by atoms with Crippen molar-refractivity contribution in [2.45, 2.75) is 13.5 Å². The van der Waals surface area contributed by atoms with Crippen molar-refractivity contribution in [3.8, 4) is 0 Å². The van der Waals surface area contributed by atoms with E-state index in [2.05, 4.69) is 41.4 Å².